The second-order valence-electron chi connectivity index (χ2n) is 1.94. The first kappa shape index (κ1) is 10.8. The number of rotatable bonds is 5. The summed E-state index contributed by atoms with van der Waals surface area (Å²) in [5.41, 5.74) is 0. The van der Waals surface area contributed by atoms with Crippen LogP contribution in [0.1, 0.15) is 20.3 Å². The van der Waals surface area contributed by atoms with Gasteiger partial charge in [0.15, 0.2) is 0 Å². The number of esters is 1. The molecule has 3 nitrogen and oxygen atoms in total. The highest BCUT2D eigenvalue weighted by atomic mass is 32.1. The summed E-state index contributed by atoms with van der Waals surface area (Å²) in [5.74, 6) is -0.238. The van der Waals surface area contributed by atoms with E-state index < -0.39 is 6.29 Å². The molecule has 66 valence electrons. The number of hydrogen-bond acceptors (Lipinski definition) is 4. The average molecular weight is 178 g/mol. The van der Waals surface area contributed by atoms with Gasteiger partial charge < -0.3 is 9.47 Å². The smallest absolute Gasteiger partial charge is 0.317 e. The molecule has 0 spiro atoms. The maximum absolute atomic E-state index is 10.7. The minimum atomic E-state index is -0.403. The van der Waals surface area contributed by atoms with Gasteiger partial charge in [0.05, 0.1) is 5.75 Å². The van der Waals surface area contributed by atoms with Gasteiger partial charge in [-0.1, -0.05) is 6.92 Å². The average Bonchev–Trinajstić information content (AvgIpc) is 2.03. The summed E-state index contributed by atoms with van der Waals surface area (Å²) in [5, 5.41) is 0. The number of carbonyl (C=O) groups excluding carboxylic acids is 1. The van der Waals surface area contributed by atoms with Gasteiger partial charge in [0, 0.05) is 13.0 Å². The summed E-state index contributed by atoms with van der Waals surface area (Å²) in [6, 6.07) is 0. The Morgan fingerprint density at radius 2 is 2.18 bits per heavy atom. The molecule has 0 bridgehead atoms. The molecule has 0 amide bonds. The van der Waals surface area contributed by atoms with E-state index >= 15 is 0 Å². The minimum absolute atomic E-state index is 0.101. The zero-order valence-electron chi connectivity index (χ0n) is 6.87. The first-order chi connectivity index (χ1) is 5.24. The molecule has 1 atom stereocenters. The number of hydrogen-bond donors (Lipinski definition) is 1. The van der Waals surface area contributed by atoms with Crippen LogP contribution >= 0.6 is 12.6 Å². The maximum atomic E-state index is 10.7. The Kier molecular flexibility index (Phi) is 6.36. The third-order valence-corrected chi connectivity index (χ3v) is 1.34. The summed E-state index contributed by atoms with van der Waals surface area (Å²) in [4.78, 5) is 10.7. The fourth-order valence-corrected chi connectivity index (χ4v) is 0.680. The fourth-order valence-electron chi connectivity index (χ4n) is 0.605. The molecule has 0 radical (unpaired) electrons. The van der Waals surface area contributed by atoms with Crippen LogP contribution in [0, 0.1) is 0 Å². The zero-order chi connectivity index (χ0) is 8.69. The maximum Gasteiger partial charge on any atom is 0.317 e. The SMILES string of the molecule is CCOC(CC)OC(=O)CS. The molecule has 0 saturated heterocycles. The van der Waals surface area contributed by atoms with Gasteiger partial charge in [0.25, 0.3) is 0 Å². The number of ether oxygens (including phenoxy) is 2. The van der Waals surface area contributed by atoms with E-state index in [1.807, 2.05) is 13.8 Å². The van der Waals surface area contributed by atoms with Gasteiger partial charge in [-0.3, -0.25) is 4.79 Å². The summed E-state index contributed by atoms with van der Waals surface area (Å²) in [6.07, 6.45) is 0.271. The molecule has 0 aliphatic carbocycles. The summed E-state index contributed by atoms with van der Waals surface area (Å²) < 4.78 is 9.94. The second-order valence-corrected chi connectivity index (χ2v) is 2.26. The molecule has 0 saturated carbocycles. The van der Waals surface area contributed by atoms with Crippen molar-refractivity contribution in [3.63, 3.8) is 0 Å². The summed E-state index contributed by atoms with van der Waals surface area (Å²) in [6.45, 7) is 4.31. The van der Waals surface area contributed by atoms with Crippen molar-refractivity contribution in [2.24, 2.45) is 0 Å². The van der Waals surface area contributed by atoms with Crippen LogP contribution < -0.4 is 0 Å². The lowest BCUT2D eigenvalue weighted by atomic mass is 10.5. The molecule has 11 heavy (non-hydrogen) atoms. The lowest BCUT2D eigenvalue weighted by Gasteiger charge is -2.14. The van der Waals surface area contributed by atoms with Crippen LogP contribution in [0.5, 0.6) is 0 Å². The monoisotopic (exact) mass is 178 g/mol. The topological polar surface area (TPSA) is 35.5 Å². The molecular weight excluding hydrogens is 164 g/mol. The molecule has 0 N–H and O–H groups in total. The molecule has 0 aromatic rings. The number of carbonyl (C=O) groups is 1. The van der Waals surface area contributed by atoms with Crippen LogP contribution in [0.25, 0.3) is 0 Å². The molecule has 0 aromatic carbocycles. The normalized spacial score (nSPS) is 12.6. The standard InChI is InChI=1S/C7H14O3S/c1-3-7(9-4-2)10-6(8)5-11/h7,11H,3-5H2,1-2H3. The van der Waals surface area contributed by atoms with Gasteiger partial charge in [-0.05, 0) is 6.92 Å². The van der Waals surface area contributed by atoms with Gasteiger partial charge in [-0.2, -0.15) is 12.6 Å². The Hall–Kier alpha value is -0.220. The van der Waals surface area contributed by atoms with Crippen molar-refractivity contribution in [1.82, 2.24) is 0 Å². The minimum Gasteiger partial charge on any atom is -0.435 e. The first-order valence-corrected chi connectivity index (χ1v) is 4.29. The van der Waals surface area contributed by atoms with E-state index in [9.17, 15) is 4.79 Å². The Balaban J connectivity index is 3.58. The van der Waals surface area contributed by atoms with Crippen molar-refractivity contribution < 1.29 is 14.3 Å². The predicted molar refractivity (Wildman–Crippen MR) is 45.7 cm³/mol. The quantitative estimate of drug-likeness (QED) is 0.391. The molecule has 0 aliphatic heterocycles. The Labute approximate surface area is 72.5 Å². The van der Waals surface area contributed by atoms with Crippen LogP contribution in [0.15, 0.2) is 0 Å². The van der Waals surface area contributed by atoms with Crippen LogP contribution in [-0.4, -0.2) is 24.6 Å². The van der Waals surface area contributed by atoms with E-state index in [-0.39, 0.29) is 11.7 Å². The molecule has 0 heterocycles. The van der Waals surface area contributed by atoms with Gasteiger partial charge in [0.1, 0.15) is 0 Å². The molecule has 0 fully saturated rings. The van der Waals surface area contributed by atoms with Crippen LogP contribution in [-0.2, 0) is 14.3 Å². The van der Waals surface area contributed by atoms with Crippen molar-refractivity contribution in [2.75, 3.05) is 12.4 Å². The molecular formula is C7H14O3S. The van der Waals surface area contributed by atoms with E-state index in [0.29, 0.717) is 13.0 Å². The Morgan fingerprint density at radius 1 is 1.55 bits per heavy atom. The van der Waals surface area contributed by atoms with Crippen LogP contribution in [0.2, 0.25) is 0 Å². The Bertz CT molecular complexity index is 116. The largest absolute Gasteiger partial charge is 0.435 e. The van der Waals surface area contributed by atoms with Crippen LogP contribution in [0.4, 0.5) is 0 Å². The fraction of sp³-hybridized carbons (Fsp3) is 0.857. The zero-order valence-corrected chi connectivity index (χ0v) is 7.77. The lowest BCUT2D eigenvalue weighted by Crippen LogP contribution is -2.21. The first-order valence-electron chi connectivity index (χ1n) is 3.66. The van der Waals surface area contributed by atoms with Crippen molar-refractivity contribution in [1.29, 1.82) is 0 Å². The summed E-state index contributed by atoms with van der Waals surface area (Å²) >= 11 is 3.77. The van der Waals surface area contributed by atoms with Gasteiger partial charge in [-0.25, -0.2) is 0 Å². The molecule has 0 aliphatic rings. The van der Waals surface area contributed by atoms with E-state index in [1.54, 1.807) is 0 Å². The molecule has 0 aromatic heterocycles. The van der Waals surface area contributed by atoms with Gasteiger partial charge in [0.2, 0.25) is 6.29 Å². The Morgan fingerprint density at radius 3 is 2.55 bits per heavy atom. The van der Waals surface area contributed by atoms with Crippen molar-refractivity contribution in [3.8, 4) is 0 Å². The molecule has 0 rings (SSSR count). The third kappa shape index (κ3) is 5.09. The highest BCUT2D eigenvalue weighted by Gasteiger charge is 2.09. The highest BCUT2D eigenvalue weighted by Crippen LogP contribution is 2.00. The van der Waals surface area contributed by atoms with Crippen molar-refractivity contribution >= 4 is 18.6 Å². The lowest BCUT2D eigenvalue weighted by molar-refractivity contribution is -0.175. The third-order valence-electron chi connectivity index (χ3n) is 1.08. The molecule has 4 heteroatoms. The van der Waals surface area contributed by atoms with E-state index in [1.165, 1.54) is 0 Å². The molecule has 1 unspecified atom stereocenters. The van der Waals surface area contributed by atoms with E-state index in [4.69, 9.17) is 9.47 Å². The van der Waals surface area contributed by atoms with E-state index in [2.05, 4.69) is 12.6 Å². The highest BCUT2D eigenvalue weighted by molar-refractivity contribution is 7.81. The van der Waals surface area contributed by atoms with Crippen molar-refractivity contribution in [3.05, 3.63) is 0 Å². The van der Waals surface area contributed by atoms with Gasteiger partial charge in [-0.15, -0.1) is 0 Å². The van der Waals surface area contributed by atoms with Crippen LogP contribution in [0.3, 0.4) is 0 Å². The predicted octanol–water partition coefficient (Wildman–Crippen LogP) is 1.23. The van der Waals surface area contributed by atoms with Gasteiger partial charge >= 0.3 is 5.97 Å². The number of thiol groups is 1. The van der Waals surface area contributed by atoms with Crippen molar-refractivity contribution in [2.45, 2.75) is 26.6 Å². The summed E-state index contributed by atoms with van der Waals surface area (Å²) in [7, 11) is 0. The second kappa shape index (κ2) is 6.49. The van der Waals surface area contributed by atoms with E-state index in [0.717, 1.165) is 0 Å².